The quantitative estimate of drug-likeness (QED) is 0.815. The molecule has 0 aliphatic heterocycles. The Morgan fingerprint density at radius 1 is 1.36 bits per heavy atom. The highest BCUT2D eigenvalue weighted by molar-refractivity contribution is 7.11. The number of aryl methyl sites for hydroxylation is 2. The summed E-state index contributed by atoms with van der Waals surface area (Å²) >= 11 is 1.76. The summed E-state index contributed by atoms with van der Waals surface area (Å²) in [5, 5.41) is 10.7. The SMILES string of the molecule is Cc1nc(C2(CO)CCCC2)sc1C. The molecular formula is C11H17NOS. The standard InChI is InChI=1S/C11H17NOS/c1-8-9(2)14-10(12-8)11(7-13)5-3-4-6-11/h13H,3-7H2,1-2H3. The zero-order valence-corrected chi connectivity index (χ0v) is 9.65. The Labute approximate surface area is 89.0 Å². The fourth-order valence-electron chi connectivity index (χ4n) is 2.19. The van der Waals surface area contributed by atoms with Gasteiger partial charge in [0, 0.05) is 10.3 Å². The Hall–Kier alpha value is -0.410. The molecule has 2 rings (SSSR count). The summed E-state index contributed by atoms with van der Waals surface area (Å²) in [6, 6.07) is 0. The molecule has 0 aromatic carbocycles. The fraction of sp³-hybridized carbons (Fsp3) is 0.727. The normalized spacial score (nSPS) is 20.2. The monoisotopic (exact) mass is 211 g/mol. The highest BCUT2D eigenvalue weighted by atomic mass is 32.1. The molecule has 78 valence electrons. The van der Waals surface area contributed by atoms with Crippen LogP contribution in [0.4, 0.5) is 0 Å². The largest absolute Gasteiger partial charge is 0.395 e. The average molecular weight is 211 g/mol. The van der Waals surface area contributed by atoms with Gasteiger partial charge in [0.2, 0.25) is 0 Å². The summed E-state index contributed by atoms with van der Waals surface area (Å²) in [6.07, 6.45) is 4.68. The van der Waals surface area contributed by atoms with E-state index in [-0.39, 0.29) is 12.0 Å². The first kappa shape index (κ1) is 10.1. The number of hydrogen-bond donors (Lipinski definition) is 1. The number of rotatable bonds is 2. The Bertz CT molecular complexity index is 307. The number of nitrogens with zero attached hydrogens (tertiary/aromatic N) is 1. The van der Waals surface area contributed by atoms with E-state index < -0.39 is 0 Å². The number of aromatic nitrogens is 1. The third kappa shape index (κ3) is 1.48. The molecule has 0 amide bonds. The van der Waals surface area contributed by atoms with Crippen LogP contribution in [0.5, 0.6) is 0 Å². The third-order valence-electron chi connectivity index (χ3n) is 3.35. The molecule has 14 heavy (non-hydrogen) atoms. The summed E-state index contributed by atoms with van der Waals surface area (Å²) in [5.74, 6) is 0. The van der Waals surface area contributed by atoms with Crippen LogP contribution in [-0.4, -0.2) is 16.7 Å². The van der Waals surface area contributed by atoms with Crippen molar-refractivity contribution in [1.29, 1.82) is 0 Å². The zero-order chi connectivity index (χ0) is 10.2. The van der Waals surface area contributed by atoms with Crippen LogP contribution in [0, 0.1) is 13.8 Å². The second-order valence-electron chi connectivity index (χ2n) is 4.31. The molecule has 0 unspecified atom stereocenters. The summed E-state index contributed by atoms with van der Waals surface area (Å²) < 4.78 is 0. The van der Waals surface area contributed by atoms with E-state index in [1.54, 1.807) is 11.3 Å². The second kappa shape index (κ2) is 3.63. The van der Waals surface area contributed by atoms with Crippen molar-refractivity contribution in [2.45, 2.75) is 44.9 Å². The van der Waals surface area contributed by atoms with E-state index in [9.17, 15) is 5.11 Å². The van der Waals surface area contributed by atoms with Gasteiger partial charge in [0.15, 0.2) is 0 Å². The first-order chi connectivity index (χ1) is 6.68. The Balaban J connectivity index is 2.36. The fourth-order valence-corrected chi connectivity index (χ4v) is 3.34. The maximum Gasteiger partial charge on any atom is 0.102 e. The van der Waals surface area contributed by atoms with Gasteiger partial charge in [0.05, 0.1) is 12.3 Å². The van der Waals surface area contributed by atoms with Crippen LogP contribution in [0.25, 0.3) is 0 Å². The lowest BCUT2D eigenvalue weighted by Crippen LogP contribution is -2.26. The molecule has 1 aliphatic rings. The van der Waals surface area contributed by atoms with E-state index in [0.29, 0.717) is 0 Å². The van der Waals surface area contributed by atoms with Crippen molar-refractivity contribution in [2.24, 2.45) is 0 Å². The summed E-state index contributed by atoms with van der Waals surface area (Å²) in [6.45, 7) is 4.42. The van der Waals surface area contributed by atoms with Crippen molar-refractivity contribution in [3.05, 3.63) is 15.6 Å². The molecule has 1 heterocycles. The molecule has 1 fully saturated rings. The molecule has 1 aliphatic carbocycles. The van der Waals surface area contributed by atoms with E-state index in [0.717, 1.165) is 23.5 Å². The Kier molecular flexibility index (Phi) is 2.62. The maximum absolute atomic E-state index is 9.54. The van der Waals surface area contributed by atoms with Gasteiger partial charge in [-0.25, -0.2) is 4.98 Å². The van der Waals surface area contributed by atoms with E-state index in [1.165, 1.54) is 17.7 Å². The molecular weight excluding hydrogens is 194 g/mol. The smallest absolute Gasteiger partial charge is 0.102 e. The molecule has 0 radical (unpaired) electrons. The van der Waals surface area contributed by atoms with E-state index in [4.69, 9.17) is 0 Å². The van der Waals surface area contributed by atoms with Crippen LogP contribution >= 0.6 is 11.3 Å². The van der Waals surface area contributed by atoms with Gasteiger partial charge < -0.3 is 5.11 Å². The maximum atomic E-state index is 9.54. The van der Waals surface area contributed by atoms with Gasteiger partial charge in [-0.3, -0.25) is 0 Å². The molecule has 1 aromatic rings. The predicted molar refractivity (Wildman–Crippen MR) is 58.8 cm³/mol. The first-order valence-corrected chi connectivity index (χ1v) is 6.05. The van der Waals surface area contributed by atoms with Crippen LogP contribution < -0.4 is 0 Å². The van der Waals surface area contributed by atoms with Gasteiger partial charge in [-0.15, -0.1) is 11.3 Å². The summed E-state index contributed by atoms with van der Waals surface area (Å²) in [7, 11) is 0. The number of thiazole rings is 1. The average Bonchev–Trinajstić information content (AvgIpc) is 2.75. The lowest BCUT2D eigenvalue weighted by molar-refractivity contribution is 0.195. The van der Waals surface area contributed by atoms with Crippen LogP contribution in [-0.2, 0) is 5.41 Å². The number of aliphatic hydroxyl groups is 1. The minimum Gasteiger partial charge on any atom is -0.395 e. The molecule has 1 N–H and O–H groups in total. The third-order valence-corrected chi connectivity index (χ3v) is 4.66. The molecule has 2 nitrogen and oxygen atoms in total. The van der Waals surface area contributed by atoms with Gasteiger partial charge in [-0.2, -0.15) is 0 Å². The lowest BCUT2D eigenvalue weighted by Gasteiger charge is -2.23. The van der Waals surface area contributed by atoms with Gasteiger partial charge in [-0.05, 0) is 26.7 Å². The van der Waals surface area contributed by atoms with Crippen LogP contribution in [0.3, 0.4) is 0 Å². The molecule has 0 bridgehead atoms. The molecule has 1 aromatic heterocycles. The van der Waals surface area contributed by atoms with E-state index in [2.05, 4.69) is 18.8 Å². The van der Waals surface area contributed by atoms with Crippen LogP contribution in [0.2, 0.25) is 0 Å². The number of hydrogen-bond acceptors (Lipinski definition) is 3. The van der Waals surface area contributed by atoms with Gasteiger partial charge in [0.25, 0.3) is 0 Å². The highest BCUT2D eigenvalue weighted by Gasteiger charge is 2.37. The van der Waals surface area contributed by atoms with E-state index in [1.807, 2.05) is 0 Å². The van der Waals surface area contributed by atoms with Crippen molar-refractivity contribution < 1.29 is 5.11 Å². The topological polar surface area (TPSA) is 33.1 Å². The van der Waals surface area contributed by atoms with Crippen LogP contribution in [0.1, 0.15) is 41.3 Å². The minimum absolute atomic E-state index is 0.00366. The molecule has 3 heteroatoms. The minimum atomic E-state index is 0.00366. The molecule has 1 saturated carbocycles. The lowest BCUT2D eigenvalue weighted by atomic mass is 9.88. The Morgan fingerprint density at radius 3 is 2.43 bits per heavy atom. The summed E-state index contributed by atoms with van der Waals surface area (Å²) in [4.78, 5) is 5.89. The Morgan fingerprint density at radius 2 is 2.00 bits per heavy atom. The van der Waals surface area contributed by atoms with Crippen molar-refractivity contribution in [1.82, 2.24) is 4.98 Å². The van der Waals surface area contributed by atoms with Gasteiger partial charge >= 0.3 is 0 Å². The molecule has 0 saturated heterocycles. The van der Waals surface area contributed by atoms with Crippen LogP contribution in [0.15, 0.2) is 0 Å². The zero-order valence-electron chi connectivity index (χ0n) is 8.84. The first-order valence-electron chi connectivity index (χ1n) is 5.23. The van der Waals surface area contributed by atoms with Gasteiger partial charge in [-0.1, -0.05) is 12.8 Å². The predicted octanol–water partition coefficient (Wildman–Crippen LogP) is 2.56. The van der Waals surface area contributed by atoms with Crippen molar-refractivity contribution in [3.8, 4) is 0 Å². The van der Waals surface area contributed by atoms with Gasteiger partial charge in [0.1, 0.15) is 5.01 Å². The second-order valence-corrected chi connectivity index (χ2v) is 5.51. The molecule has 0 spiro atoms. The number of aliphatic hydroxyl groups excluding tert-OH is 1. The van der Waals surface area contributed by atoms with Crippen molar-refractivity contribution >= 4 is 11.3 Å². The van der Waals surface area contributed by atoms with Crippen molar-refractivity contribution in [3.63, 3.8) is 0 Å². The highest BCUT2D eigenvalue weighted by Crippen LogP contribution is 2.42. The summed E-state index contributed by atoms with van der Waals surface area (Å²) in [5.41, 5.74) is 1.13. The molecule has 0 atom stereocenters. The van der Waals surface area contributed by atoms with E-state index >= 15 is 0 Å². The van der Waals surface area contributed by atoms with Crippen molar-refractivity contribution in [2.75, 3.05) is 6.61 Å².